The molecular formula is C15H19N3O2S. The predicted octanol–water partition coefficient (Wildman–Crippen LogP) is 1.62. The number of nitrogens with two attached hydrogens (primary N) is 2. The molecule has 0 radical (unpaired) electrons. The summed E-state index contributed by atoms with van der Waals surface area (Å²) in [5.74, 6) is 0. The molecule has 0 fully saturated rings. The van der Waals surface area contributed by atoms with Crippen LogP contribution in [-0.2, 0) is 15.6 Å². The summed E-state index contributed by atoms with van der Waals surface area (Å²) in [5, 5.41) is 8.42. The van der Waals surface area contributed by atoms with E-state index in [1.807, 2.05) is 37.3 Å². The molecule has 2 rings (SSSR count). The van der Waals surface area contributed by atoms with E-state index in [2.05, 4.69) is 5.32 Å². The van der Waals surface area contributed by atoms with Crippen LogP contribution in [0.15, 0.2) is 59.5 Å². The lowest BCUT2D eigenvalue weighted by molar-refractivity contribution is 0.556. The maximum atomic E-state index is 11.2. The molecule has 0 amide bonds. The summed E-state index contributed by atoms with van der Waals surface area (Å²) in [7, 11) is -3.67. The molecule has 21 heavy (non-hydrogen) atoms. The summed E-state index contributed by atoms with van der Waals surface area (Å²) < 4.78 is 22.5. The fourth-order valence-corrected chi connectivity index (χ4v) is 2.61. The smallest absolute Gasteiger partial charge is 0.238 e. The third-order valence-electron chi connectivity index (χ3n) is 3.42. The molecule has 5 nitrogen and oxygen atoms in total. The zero-order valence-corrected chi connectivity index (χ0v) is 12.6. The van der Waals surface area contributed by atoms with Gasteiger partial charge in [-0.1, -0.05) is 30.3 Å². The third kappa shape index (κ3) is 3.60. The van der Waals surface area contributed by atoms with E-state index >= 15 is 0 Å². The molecule has 0 heterocycles. The molecule has 112 valence electrons. The number of primary sulfonamides is 1. The summed E-state index contributed by atoms with van der Waals surface area (Å²) in [4.78, 5) is 0.0854. The van der Waals surface area contributed by atoms with E-state index < -0.39 is 15.6 Å². The Kier molecular flexibility index (Phi) is 4.32. The Hall–Kier alpha value is -1.89. The van der Waals surface area contributed by atoms with E-state index in [-0.39, 0.29) is 4.90 Å². The van der Waals surface area contributed by atoms with Gasteiger partial charge in [-0.25, -0.2) is 13.6 Å². The first kappa shape index (κ1) is 15.5. The molecule has 0 aliphatic rings. The lowest BCUT2D eigenvalue weighted by Gasteiger charge is -2.31. The van der Waals surface area contributed by atoms with E-state index in [0.717, 1.165) is 11.3 Å². The Morgan fingerprint density at radius 1 is 1.05 bits per heavy atom. The number of sulfonamides is 1. The second-order valence-electron chi connectivity index (χ2n) is 5.10. The summed E-state index contributed by atoms with van der Waals surface area (Å²) in [5.41, 5.74) is 7.30. The van der Waals surface area contributed by atoms with Gasteiger partial charge in [-0.3, -0.25) is 0 Å². The molecule has 2 aromatic rings. The maximum Gasteiger partial charge on any atom is 0.238 e. The van der Waals surface area contributed by atoms with Crippen LogP contribution in [0.5, 0.6) is 0 Å². The van der Waals surface area contributed by atoms with Crippen molar-refractivity contribution < 1.29 is 8.42 Å². The Balaban J connectivity index is 2.27. The Morgan fingerprint density at radius 3 is 2.10 bits per heavy atom. The summed E-state index contributed by atoms with van der Waals surface area (Å²) in [6.07, 6.45) is 0. The molecule has 0 saturated carbocycles. The van der Waals surface area contributed by atoms with Crippen LogP contribution in [0.3, 0.4) is 0 Å². The molecule has 0 aliphatic carbocycles. The zero-order chi connectivity index (χ0) is 15.5. The van der Waals surface area contributed by atoms with Gasteiger partial charge in [0.15, 0.2) is 0 Å². The molecule has 0 aliphatic heterocycles. The summed E-state index contributed by atoms with van der Waals surface area (Å²) in [6, 6.07) is 16.1. The van der Waals surface area contributed by atoms with Gasteiger partial charge < -0.3 is 11.1 Å². The van der Waals surface area contributed by atoms with Crippen LogP contribution < -0.4 is 16.2 Å². The lowest BCUT2D eigenvalue weighted by Crippen LogP contribution is -2.39. The molecule has 6 heteroatoms. The predicted molar refractivity (Wildman–Crippen MR) is 84.3 cm³/mol. The number of anilines is 1. The van der Waals surface area contributed by atoms with Crippen LogP contribution in [-0.4, -0.2) is 15.0 Å². The SMILES string of the molecule is CC(CN)(Nc1ccc(S(N)(=O)=O)cc1)c1ccccc1. The van der Waals surface area contributed by atoms with Crippen molar-refractivity contribution in [2.75, 3.05) is 11.9 Å². The Morgan fingerprint density at radius 2 is 1.62 bits per heavy atom. The van der Waals surface area contributed by atoms with Crippen molar-refractivity contribution in [3.63, 3.8) is 0 Å². The summed E-state index contributed by atoms with van der Waals surface area (Å²) >= 11 is 0. The fraction of sp³-hybridized carbons (Fsp3) is 0.200. The highest BCUT2D eigenvalue weighted by molar-refractivity contribution is 7.89. The van der Waals surface area contributed by atoms with Crippen molar-refractivity contribution >= 4 is 15.7 Å². The first-order chi connectivity index (χ1) is 9.85. The number of hydrogen-bond donors (Lipinski definition) is 3. The average Bonchev–Trinajstić information content (AvgIpc) is 2.47. The van der Waals surface area contributed by atoms with E-state index in [9.17, 15) is 8.42 Å². The Bertz CT molecular complexity index is 699. The molecule has 1 atom stereocenters. The van der Waals surface area contributed by atoms with Gasteiger partial charge >= 0.3 is 0 Å². The van der Waals surface area contributed by atoms with Gasteiger partial charge in [0.05, 0.1) is 10.4 Å². The number of nitrogens with one attached hydrogen (secondary N) is 1. The topological polar surface area (TPSA) is 98.2 Å². The molecule has 1 unspecified atom stereocenters. The number of benzene rings is 2. The van der Waals surface area contributed by atoms with Gasteiger partial charge in [-0.2, -0.15) is 0 Å². The van der Waals surface area contributed by atoms with Crippen molar-refractivity contribution in [2.24, 2.45) is 10.9 Å². The largest absolute Gasteiger partial charge is 0.375 e. The standard InChI is InChI=1S/C15H19N3O2S/c1-15(11-16,12-5-3-2-4-6-12)18-13-7-9-14(10-8-13)21(17,19)20/h2-10,18H,11,16H2,1H3,(H2,17,19,20). The molecule has 0 spiro atoms. The summed E-state index contributed by atoms with van der Waals surface area (Å²) in [6.45, 7) is 2.39. The molecule has 5 N–H and O–H groups in total. The van der Waals surface area contributed by atoms with E-state index in [1.165, 1.54) is 12.1 Å². The molecule has 0 saturated heterocycles. The van der Waals surface area contributed by atoms with Crippen LogP contribution in [0.4, 0.5) is 5.69 Å². The maximum absolute atomic E-state index is 11.2. The van der Waals surface area contributed by atoms with E-state index in [1.54, 1.807) is 12.1 Å². The van der Waals surface area contributed by atoms with Crippen molar-refractivity contribution in [1.82, 2.24) is 0 Å². The second-order valence-corrected chi connectivity index (χ2v) is 6.66. The number of rotatable bonds is 5. The van der Waals surface area contributed by atoms with Gasteiger partial charge in [-0.05, 0) is 36.8 Å². The minimum absolute atomic E-state index is 0.0854. The van der Waals surface area contributed by atoms with Crippen LogP contribution in [0, 0.1) is 0 Å². The van der Waals surface area contributed by atoms with Crippen LogP contribution in [0.1, 0.15) is 12.5 Å². The average molecular weight is 305 g/mol. The normalized spacial score (nSPS) is 14.4. The molecule has 0 aromatic heterocycles. The monoisotopic (exact) mass is 305 g/mol. The quantitative estimate of drug-likeness (QED) is 0.781. The highest BCUT2D eigenvalue weighted by atomic mass is 32.2. The van der Waals surface area contributed by atoms with Crippen molar-refractivity contribution in [3.05, 3.63) is 60.2 Å². The second kappa shape index (κ2) is 5.85. The van der Waals surface area contributed by atoms with Crippen LogP contribution >= 0.6 is 0 Å². The van der Waals surface area contributed by atoms with Crippen molar-refractivity contribution in [3.8, 4) is 0 Å². The van der Waals surface area contributed by atoms with Crippen LogP contribution in [0.25, 0.3) is 0 Å². The van der Waals surface area contributed by atoms with E-state index in [0.29, 0.717) is 6.54 Å². The van der Waals surface area contributed by atoms with Crippen LogP contribution in [0.2, 0.25) is 0 Å². The Labute approximate surface area is 125 Å². The highest BCUT2D eigenvalue weighted by Crippen LogP contribution is 2.25. The third-order valence-corrected chi connectivity index (χ3v) is 4.35. The van der Waals surface area contributed by atoms with Crippen molar-refractivity contribution in [2.45, 2.75) is 17.4 Å². The first-order valence-electron chi connectivity index (χ1n) is 6.52. The van der Waals surface area contributed by atoms with Crippen molar-refractivity contribution in [1.29, 1.82) is 0 Å². The zero-order valence-electron chi connectivity index (χ0n) is 11.8. The minimum atomic E-state index is -3.67. The van der Waals surface area contributed by atoms with Gasteiger partial charge in [0, 0.05) is 12.2 Å². The lowest BCUT2D eigenvalue weighted by atomic mass is 9.92. The molecule has 0 bridgehead atoms. The number of hydrogen-bond acceptors (Lipinski definition) is 4. The van der Waals surface area contributed by atoms with Gasteiger partial charge in [-0.15, -0.1) is 0 Å². The van der Waals surface area contributed by atoms with E-state index in [4.69, 9.17) is 10.9 Å². The molecule has 2 aromatic carbocycles. The first-order valence-corrected chi connectivity index (χ1v) is 8.06. The minimum Gasteiger partial charge on any atom is -0.375 e. The van der Waals surface area contributed by atoms with Gasteiger partial charge in [0.1, 0.15) is 0 Å². The fourth-order valence-electron chi connectivity index (χ4n) is 2.09. The molecular weight excluding hydrogens is 286 g/mol. The van der Waals surface area contributed by atoms with Gasteiger partial charge in [0.25, 0.3) is 0 Å². The highest BCUT2D eigenvalue weighted by Gasteiger charge is 2.24. The van der Waals surface area contributed by atoms with Gasteiger partial charge in [0.2, 0.25) is 10.0 Å².